The Kier molecular flexibility index (Phi) is 1.66. The van der Waals surface area contributed by atoms with Crippen LogP contribution in [-0.4, -0.2) is 24.7 Å². The highest BCUT2D eigenvalue weighted by Crippen LogP contribution is 2.05. The molecule has 2 N–H and O–H groups in total. The van der Waals surface area contributed by atoms with E-state index in [4.69, 9.17) is 5.73 Å². The number of aromatic nitrogens is 5. The van der Waals surface area contributed by atoms with E-state index in [9.17, 15) is 0 Å². The van der Waals surface area contributed by atoms with Crippen LogP contribution in [0.4, 0.5) is 5.95 Å². The third-order valence-electron chi connectivity index (χ3n) is 1.54. The van der Waals surface area contributed by atoms with E-state index in [2.05, 4.69) is 20.2 Å². The number of anilines is 1. The van der Waals surface area contributed by atoms with Crippen molar-refractivity contribution < 1.29 is 0 Å². The minimum absolute atomic E-state index is 0.253. The molecule has 0 saturated carbocycles. The first-order chi connectivity index (χ1) is 6.25. The van der Waals surface area contributed by atoms with Crippen molar-refractivity contribution in [1.82, 2.24) is 24.7 Å². The average molecular weight is 176 g/mol. The first kappa shape index (κ1) is 7.66. The zero-order chi connectivity index (χ0) is 9.26. The van der Waals surface area contributed by atoms with Gasteiger partial charge in [0.15, 0.2) is 0 Å². The van der Waals surface area contributed by atoms with E-state index in [1.165, 1.54) is 0 Å². The molecule has 0 atom stereocenters. The van der Waals surface area contributed by atoms with Gasteiger partial charge in [0, 0.05) is 11.8 Å². The maximum absolute atomic E-state index is 5.49. The van der Waals surface area contributed by atoms with Gasteiger partial charge in [0.1, 0.15) is 18.5 Å². The number of nitrogens with zero attached hydrogens (tertiary/aromatic N) is 5. The van der Waals surface area contributed by atoms with Crippen molar-refractivity contribution in [2.45, 2.75) is 6.92 Å². The fourth-order valence-corrected chi connectivity index (χ4v) is 1.03. The summed E-state index contributed by atoms with van der Waals surface area (Å²) in [5.74, 6) is 0.929. The summed E-state index contributed by atoms with van der Waals surface area (Å²) in [7, 11) is 0. The number of hydrogen-bond acceptors (Lipinski definition) is 5. The summed E-state index contributed by atoms with van der Waals surface area (Å²) in [6.07, 6.45) is 3.11. The van der Waals surface area contributed by atoms with Gasteiger partial charge >= 0.3 is 0 Å². The van der Waals surface area contributed by atoms with Crippen LogP contribution in [0.15, 0.2) is 18.7 Å². The standard InChI is InChI=1S/C7H8N6/c1-5-2-6(12-7(8)11-5)13-3-9-10-4-13/h2-4H,1H3,(H2,8,11,12). The Balaban J connectivity index is 2.53. The minimum Gasteiger partial charge on any atom is -0.368 e. The van der Waals surface area contributed by atoms with Crippen molar-refractivity contribution in [2.75, 3.05) is 5.73 Å². The molecule has 66 valence electrons. The Morgan fingerprint density at radius 1 is 1.23 bits per heavy atom. The molecular weight excluding hydrogens is 168 g/mol. The predicted octanol–water partition coefficient (Wildman–Crippen LogP) is -0.0521. The van der Waals surface area contributed by atoms with Gasteiger partial charge in [-0.1, -0.05) is 0 Å². The maximum atomic E-state index is 5.49. The van der Waals surface area contributed by atoms with Gasteiger partial charge in [0.2, 0.25) is 5.95 Å². The average Bonchev–Trinajstić information content (AvgIpc) is 2.53. The summed E-state index contributed by atoms with van der Waals surface area (Å²) in [4.78, 5) is 7.98. The molecule has 0 unspecified atom stereocenters. The second kappa shape index (κ2) is 2.81. The third kappa shape index (κ3) is 1.46. The summed E-state index contributed by atoms with van der Waals surface area (Å²) < 4.78 is 1.67. The quantitative estimate of drug-likeness (QED) is 0.658. The smallest absolute Gasteiger partial charge is 0.222 e. The third-order valence-corrected chi connectivity index (χ3v) is 1.54. The molecule has 0 saturated heterocycles. The molecule has 2 aromatic rings. The van der Waals surface area contributed by atoms with Crippen molar-refractivity contribution >= 4 is 5.95 Å². The first-order valence-electron chi connectivity index (χ1n) is 3.72. The molecule has 0 aromatic carbocycles. The summed E-state index contributed by atoms with van der Waals surface area (Å²) in [5, 5.41) is 7.34. The number of hydrogen-bond donors (Lipinski definition) is 1. The monoisotopic (exact) mass is 176 g/mol. The van der Waals surface area contributed by atoms with Crippen LogP contribution in [0.2, 0.25) is 0 Å². The lowest BCUT2D eigenvalue weighted by atomic mass is 10.4. The maximum Gasteiger partial charge on any atom is 0.222 e. The molecule has 0 aliphatic rings. The number of nitrogen functional groups attached to an aromatic ring is 1. The van der Waals surface area contributed by atoms with Gasteiger partial charge in [-0.05, 0) is 6.92 Å². The number of aryl methyl sites for hydroxylation is 1. The van der Waals surface area contributed by atoms with E-state index in [-0.39, 0.29) is 5.95 Å². The van der Waals surface area contributed by atoms with Gasteiger partial charge in [0.25, 0.3) is 0 Å². The molecule has 13 heavy (non-hydrogen) atoms. The summed E-state index contributed by atoms with van der Waals surface area (Å²) in [6, 6.07) is 1.81. The van der Waals surface area contributed by atoms with Gasteiger partial charge in [-0.15, -0.1) is 10.2 Å². The lowest BCUT2D eigenvalue weighted by molar-refractivity contribution is 0.962. The van der Waals surface area contributed by atoms with Gasteiger partial charge in [0.05, 0.1) is 0 Å². The molecule has 6 heteroatoms. The van der Waals surface area contributed by atoms with Crippen molar-refractivity contribution in [2.24, 2.45) is 0 Å². The lowest BCUT2D eigenvalue weighted by Crippen LogP contribution is -2.02. The highest BCUT2D eigenvalue weighted by atomic mass is 15.3. The predicted molar refractivity (Wildman–Crippen MR) is 46.1 cm³/mol. The molecule has 2 aromatic heterocycles. The van der Waals surface area contributed by atoms with Gasteiger partial charge in [-0.25, -0.2) is 4.98 Å². The van der Waals surface area contributed by atoms with Gasteiger partial charge < -0.3 is 5.73 Å². The molecule has 0 radical (unpaired) electrons. The Morgan fingerprint density at radius 3 is 2.54 bits per heavy atom. The van der Waals surface area contributed by atoms with Crippen LogP contribution in [0, 0.1) is 6.92 Å². The van der Waals surface area contributed by atoms with Crippen molar-refractivity contribution in [3.05, 3.63) is 24.4 Å². The summed E-state index contributed by atoms with van der Waals surface area (Å²) in [6.45, 7) is 1.85. The van der Waals surface area contributed by atoms with E-state index >= 15 is 0 Å². The van der Waals surface area contributed by atoms with Crippen LogP contribution in [0.1, 0.15) is 5.69 Å². The Labute approximate surface area is 74.5 Å². The van der Waals surface area contributed by atoms with Crippen LogP contribution < -0.4 is 5.73 Å². The largest absolute Gasteiger partial charge is 0.368 e. The van der Waals surface area contributed by atoms with E-state index in [0.29, 0.717) is 5.82 Å². The first-order valence-corrected chi connectivity index (χ1v) is 3.72. The Hall–Kier alpha value is -1.98. The Morgan fingerprint density at radius 2 is 1.92 bits per heavy atom. The topological polar surface area (TPSA) is 82.5 Å². The molecule has 0 fully saturated rings. The second-order valence-electron chi connectivity index (χ2n) is 2.59. The lowest BCUT2D eigenvalue weighted by Gasteiger charge is -2.01. The van der Waals surface area contributed by atoms with Crippen molar-refractivity contribution in [1.29, 1.82) is 0 Å². The normalized spacial score (nSPS) is 10.2. The number of nitrogens with two attached hydrogens (primary N) is 1. The zero-order valence-corrected chi connectivity index (χ0v) is 7.05. The molecule has 0 aliphatic carbocycles. The SMILES string of the molecule is Cc1cc(-n2cnnc2)nc(N)n1. The van der Waals surface area contributed by atoms with E-state index in [1.54, 1.807) is 23.3 Å². The molecule has 2 rings (SSSR count). The highest BCUT2D eigenvalue weighted by molar-refractivity contribution is 5.30. The van der Waals surface area contributed by atoms with Crippen LogP contribution >= 0.6 is 0 Å². The molecule has 2 heterocycles. The van der Waals surface area contributed by atoms with E-state index in [0.717, 1.165) is 5.69 Å². The zero-order valence-electron chi connectivity index (χ0n) is 7.05. The minimum atomic E-state index is 0.253. The fourth-order valence-electron chi connectivity index (χ4n) is 1.03. The molecule has 0 aliphatic heterocycles. The van der Waals surface area contributed by atoms with E-state index in [1.807, 2.05) is 6.92 Å². The summed E-state index contributed by atoms with van der Waals surface area (Å²) >= 11 is 0. The second-order valence-corrected chi connectivity index (χ2v) is 2.59. The van der Waals surface area contributed by atoms with Crippen LogP contribution in [0.5, 0.6) is 0 Å². The van der Waals surface area contributed by atoms with E-state index < -0.39 is 0 Å². The van der Waals surface area contributed by atoms with Crippen LogP contribution in [0.25, 0.3) is 5.82 Å². The molecule has 0 spiro atoms. The summed E-state index contributed by atoms with van der Waals surface area (Å²) in [5.41, 5.74) is 6.31. The highest BCUT2D eigenvalue weighted by Gasteiger charge is 2.00. The van der Waals surface area contributed by atoms with Crippen LogP contribution in [-0.2, 0) is 0 Å². The van der Waals surface area contributed by atoms with Crippen LogP contribution in [0.3, 0.4) is 0 Å². The molecular formula is C7H8N6. The fraction of sp³-hybridized carbons (Fsp3) is 0.143. The van der Waals surface area contributed by atoms with Crippen molar-refractivity contribution in [3.8, 4) is 5.82 Å². The molecule has 0 bridgehead atoms. The molecule has 6 nitrogen and oxygen atoms in total. The van der Waals surface area contributed by atoms with Crippen molar-refractivity contribution in [3.63, 3.8) is 0 Å². The number of rotatable bonds is 1. The van der Waals surface area contributed by atoms with Gasteiger partial charge in [-0.2, -0.15) is 4.98 Å². The molecule has 0 amide bonds. The van der Waals surface area contributed by atoms with Gasteiger partial charge in [-0.3, -0.25) is 4.57 Å². The Bertz CT molecular complexity index is 387.